The summed E-state index contributed by atoms with van der Waals surface area (Å²) in [5, 5.41) is 3.06. The molecule has 2 N–H and O–H groups in total. The molecule has 5 nitrogen and oxygen atoms in total. The lowest BCUT2D eigenvalue weighted by molar-refractivity contribution is 0.127. The minimum Gasteiger partial charge on any atom is -0.414 e. The van der Waals surface area contributed by atoms with Crippen molar-refractivity contribution < 1.29 is 4.84 Å². The van der Waals surface area contributed by atoms with E-state index in [1.54, 1.807) is 13.4 Å². The van der Waals surface area contributed by atoms with E-state index >= 15 is 0 Å². The Labute approximate surface area is 90.5 Å². The fourth-order valence-corrected chi connectivity index (χ4v) is 1.25. The van der Waals surface area contributed by atoms with Gasteiger partial charge in [-0.25, -0.2) is 0 Å². The van der Waals surface area contributed by atoms with Crippen LogP contribution in [0.2, 0.25) is 0 Å². The summed E-state index contributed by atoms with van der Waals surface area (Å²) >= 11 is 0. The molecule has 0 radical (unpaired) electrons. The third-order valence-corrected chi connectivity index (χ3v) is 1.94. The van der Waals surface area contributed by atoms with Crippen molar-refractivity contribution in [1.82, 2.24) is 15.7 Å². The van der Waals surface area contributed by atoms with Crippen LogP contribution in [0.3, 0.4) is 0 Å². The fraction of sp³-hybridized carbons (Fsp3) is 0.500. The largest absolute Gasteiger partial charge is 0.414 e. The lowest BCUT2D eigenvalue weighted by atomic mass is 10.2. The van der Waals surface area contributed by atoms with Gasteiger partial charge in [-0.05, 0) is 19.1 Å². The van der Waals surface area contributed by atoms with Crippen LogP contribution in [0, 0.1) is 0 Å². The molecule has 0 saturated heterocycles. The van der Waals surface area contributed by atoms with Gasteiger partial charge < -0.3 is 15.1 Å². The normalized spacial score (nSPS) is 20.7. The first-order valence-electron chi connectivity index (χ1n) is 4.83. The topological polar surface area (TPSA) is 48.9 Å². The predicted octanol–water partition coefficient (Wildman–Crippen LogP) is 0.444. The highest BCUT2D eigenvalue weighted by Gasteiger charge is 2.08. The molecule has 1 heterocycles. The Hall–Kier alpha value is -1.49. The zero-order chi connectivity index (χ0) is 11.3. The maximum atomic E-state index is 5.11. The van der Waals surface area contributed by atoms with Crippen LogP contribution in [0.1, 0.15) is 6.92 Å². The van der Waals surface area contributed by atoms with E-state index in [0.717, 1.165) is 11.6 Å². The molecule has 1 aliphatic heterocycles. The molecule has 0 aromatic rings. The van der Waals surface area contributed by atoms with Crippen LogP contribution in [0.5, 0.6) is 0 Å². The van der Waals surface area contributed by atoms with Crippen molar-refractivity contribution in [3.05, 3.63) is 23.7 Å². The maximum absolute atomic E-state index is 5.11. The van der Waals surface area contributed by atoms with Crippen molar-refractivity contribution in [2.45, 2.75) is 13.0 Å². The summed E-state index contributed by atoms with van der Waals surface area (Å²) < 4.78 is 0. The van der Waals surface area contributed by atoms with Crippen molar-refractivity contribution in [2.24, 2.45) is 4.99 Å². The molecule has 0 aromatic heterocycles. The lowest BCUT2D eigenvalue weighted by Crippen LogP contribution is -2.29. The molecule has 0 aromatic carbocycles. The molecule has 0 bridgehead atoms. The summed E-state index contributed by atoms with van der Waals surface area (Å²) in [5.74, 6) is 1.83. The van der Waals surface area contributed by atoms with Crippen molar-refractivity contribution >= 4 is 6.34 Å². The quantitative estimate of drug-likeness (QED) is 0.522. The van der Waals surface area contributed by atoms with Gasteiger partial charge in [-0.15, -0.1) is 0 Å². The van der Waals surface area contributed by atoms with E-state index in [2.05, 4.69) is 15.8 Å². The second kappa shape index (κ2) is 5.41. The van der Waals surface area contributed by atoms with Crippen molar-refractivity contribution in [3.63, 3.8) is 0 Å². The van der Waals surface area contributed by atoms with Crippen LogP contribution in [0.4, 0.5) is 0 Å². The summed E-state index contributed by atoms with van der Waals surface area (Å²) in [7, 11) is 5.69. The average molecular weight is 210 g/mol. The molecule has 1 atom stereocenters. The molecule has 0 amide bonds. The Morgan fingerprint density at radius 1 is 1.67 bits per heavy atom. The SMILES string of the molecule is CNO/C(C)=C/C1C=C(N(C)C)NC=N1. The molecule has 1 aliphatic rings. The molecule has 5 heteroatoms. The average Bonchev–Trinajstić information content (AvgIpc) is 2.18. The summed E-state index contributed by atoms with van der Waals surface area (Å²) in [6.07, 6.45) is 5.67. The second-order valence-electron chi connectivity index (χ2n) is 3.44. The number of rotatable bonds is 4. The van der Waals surface area contributed by atoms with E-state index in [-0.39, 0.29) is 6.04 Å². The second-order valence-corrected chi connectivity index (χ2v) is 3.44. The van der Waals surface area contributed by atoms with E-state index in [0.29, 0.717) is 0 Å². The van der Waals surface area contributed by atoms with Gasteiger partial charge >= 0.3 is 0 Å². The zero-order valence-corrected chi connectivity index (χ0v) is 9.61. The van der Waals surface area contributed by atoms with Gasteiger partial charge in [0.25, 0.3) is 0 Å². The summed E-state index contributed by atoms with van der Waals surface area (Å²) in [5.41, 5.74) is 2.62. The minimum atomic E-state index is 0.0250. The molecule has 0 fully saturated rings. The van der Waals surface area contributed by atoms with Crippen LogP contribution in [0.25, 0.3) is 0 Å². The molecule has 1 rings (SSSR count). The molecule has 84 valence electrons. The molecule has 15 heavy (non-hydrogen) atoms. The van der Waals surface area contributed by atoms with Crippen molar-refractivity contribution in [3.8, 4) is 0 Å². The summed E-state index contributed by atoms with van der Waals surface area (Å²) in [6, 6.07) is 0.0250. The van der Waals surface area contributed by atoms with Gasteiger partial charge in [-0.1, -0.05) is 0 Å². The van der Waals surface area contributed by atoms with Crippen molar-refractivity contribution in [1.29, 1.82) is 0 Å². The van der Waals surface area contributed by atoms with E-state index in [1.165, 1.54) is 0 Å². The number of hydroxylamine groups is 1. The Bertz CT molecular complexity index is 294. The number of hydrogen-bond acceptors (Lipinski definition) is 5. The number of aliphatic imine (C=N–C) groups is 1. The van der Waals surface area contributed by atoms with Crippen LogP contribution < -0.4 is 10.8 Å². The molecule has 1 unspecified atom stereocenters. The first-order valence-corrected chi connectivity index (χ1v) is 4.83. The summed E-state index contributed by atoms with van der Waals surface area (Å²) in [6.45, 7) is 1.89. The highest BCUT2D eigenvalue weighted by Crippen LogP contribution is 2.08. The molecule has 0 aliphatic carbocycles. The standard InChI is InChI=1S/C10H18N4O/c1-8(15-11-2)5-9-6-10(14(3)4)13-7-12-9/h5-7,9,11H,1-4H3,(H,12,13)/b8-5+. The number of allylic oxidation sites excluding steroid dienone is 1. The molecule has 0 spiro atoms. The highest BCUT2D eigenvalue weighted by atomic mass is 16.6. The van der Waals surface area contributed by atoms with E-state index in [1.807, 2.05) is 38.1 Å². The number of hydrogen-bond donors (Lipinski definition) is 2. The van der Waals surface area contributed by atoms with Gasteiger partial charge in [-0.3, -0.25) is 4.99 Å². The first kappa shape index (κ1) is 11.6. The Morgan fingerprint density at radius 3 is 3.00 bits per heavy atom. The predicted molar refractivity (Wildman–Crippen MR) is 61.1 cm³/mol. The van der Waals surface area contributed by atoms with Gasteiger partial charge in [0.05, 0.1) is 12.4 Å². The van der Waals surface area contributed by atoms with Crippen LogP contribution in [-0.4, -0.2) is 38.4 Å². The van der Waals surface area contributed by atoms with Gasteiger partial charge in [0.1, 0.15) is 11.6 Å². The van der Waals surface area contributed by atoms with E-state index in [4.69, 9.17) is 4.84 Å². The van der Waals surface area contributed by atoms with Crippen LogP contribution in [0.15, 0.2) is 28.7 Å². The zero-order valence-electron chi connectivity index (χ0n) is 9.61. The van der Waals surface area contributed by atoms with Crippen LogP contribution >= 0.6 is 0 Å². The van der Waals surface area contributed by atoms with Gasteiger partial charge in [0.15, 0.2) is 0 Å². The maximum Gasteiger partial charge on any atom is 0.119 e. The third kappa shape index (κ3) is 3.63. The first-order chi connectivity index (χ1) is 7.13. The van der Waals surface area contributed by atoms with E-state index < -0.39 is 0 Å². The Kier molecular flexibility index (Phi) is 4.17. The smallest absolute Gasteiger partial charge is 0.119 e. The monoisotopic (exact) mass is 210 g/mol. The van der Waals surface area contributed by atoms with Gasteiger partial charge in [-0.2, -0.15) is 5.48 Å². The molecular weight excluding hydrogens is 192 g/mol. The lowest BCUT2D eigenvalue weighted by Gasteiger charge is -2.21. The summed E-state index contributed by atoms with van der Waals surface area (Å²) in [4.78, 5) is 11.4. The molecule has 0 saturated carbocycles. The Balaban J connectivity index is 2.66. The highest BCUT2D eigenvalue weighted by molar-refractivity contribution is 5.60. The Morgan fingerprint density at radius 2 is 2.40 bits per heavy atom. The van der Waals surface area contributed by atoms with Crippen LogP contribution in [-0.2, 0) is 4.84 Å². The van der Waals surface area contributed by atoms with Crippen molar-refractivity contribution in [2.75, 3.05) is 21.1 Å². The van der Waals surface area contributed by atoms with E-state index in [9.17, 15) is 0 Å². The van der Waals surface area contributed by atoms with Gasteiger partial charge in [0.2, 0.25) is 0 Å². The fourth-order valence-electron chi connectivity index (χ4n) is 1.25. The van der Waals surface area contributed by atoms with Gasteiger partial charge in [0, 0.05) is 21.1 Å². The minimum absolute atomic E-state index is 0.0250. The number of nitrogens with zero attached hydrogens (tertiary/aromatic N) is 2. The number of nitrogens with one attached hydrogen (secondary N) is 2. The molecular formula is C10H18N4O. The third-order valence-electron chi connectivity index (χ3n) is 1.94.